The summed E-state index contributed by atoms with van der Waals surface area (Å²) in [6.07, 6.45) is 5.20. The Morgan fingerprint density at radius 3 is 2.51 bits per heavy atom. The highest BCUT2D eigenvalue weighted by atomic mass is 35.5. The molecule has 2 saturated heterocycles. The molecule has 0 amide bonds. The molecule has 5 rings (SSSR count). The molecule has 0 radical (unpaired) electrons. The molecule has 3 aromatic rings. The third-order valence-corrected chi connectivity index (χ3v) is 9.66. The van der Waals surface area contributed by atoms with E-state index in [2.05, 4.69) is 54.8 Å². The largest absolute Gasteiger partial charge is 0.494 e. The summed E-state index contributed by atoms with van der Waals surface area (Å²) in [5, 5.41) is 10.2. The van der Waals surface area contributed by atoms with Gasteiger partial charge < -0.3 is 25.6 Å². The van der Waals surface area contributed by atoms with Crippen LogP contribution in [-0.4, -0.2) is 89.5 Å². The summed E-state index contributed by atoms with van der Waals surface area (Å²) in [5.74, 6) is 2.14. The van der Waals surface area contributed by atoms with Gasteiger partial charge in [-0.05, 0) is 62.5 Å². The van der Waals surface area contributed by atoms with Crippen molar-refractivity contribution < 1.29 is 13.2 Å². The van der Waals surface area contributed by atoms with Crippen molar-refractivity contribution in [1.29, 1.82) is 0 Å². The van der Waals surface area contributed by atoms with E-state index in [1.807, 2.05) is 0 Å². The second-order valence-electron chi connectivity index (χ2n) is 11.2. The first-order valence-corrected chi connectivity index (χ1v) is 16.8. The fraction of sp³-hybridized carbons (Fsp3) is 0.467. The molecule has 2 aromatic carbocycles. The zero-order valence-electron chi connectivity index (χ0n) is 25.2. The number of halogens is 1. The van der Waals surface area contributed by atoms with Crippen LogP contribution in [0.1, 0.15) is 18.4 Å². The lowest BCUT2D eigenvalue weighted by molar-refractivity contribution is 0.196. The van der Waals surface area contributed by atoms with E-state index in [0.717, 1.165) is 68.4 Å². The van der Waals surface area contributed by atoms with Crippen LogP contribution in [-0.2, 0) is 10.0 Å². The van der Waals surface area contributed by atoms with E-state index >= 15 is 0 Å². The van der Waals surface area contributed by atoms with Crippen molar-refractivity contribution in [2.45, 2.75) is 19.8 Å². The van der Waals surface area contributed by atoms with E-state index in [-0.39, 0.29) is 0 Å². The van der Waals surface area contributed by atoms with Crippen LogP contribution in [0, 0.1) is 12.8 Å². The highest BCUT2D eigenvalue weighted by Crippen LogP contribution is 2.36. The SMILES string of the molecule is COc1cc(N2CCN(CC3CCNCC3)CC2)c(C)cc1Nc1ncc(Cl)c(Nc2ccccc2N(C)S(C)(=O)=O)n1. The van der Waals surface area contributed by atoms with Crippen molar-refractivity contribution in [3.8, 4) is 5.75 Å². The summed E-state index contributed by atoms with van der Waals surface area (Å²) in [5.41, 5.74) is 4.03. The Morgan fingerprint density at radius 2 is 1.81 bits per heavy atom. The van der Waals surface area contributed by atoms with E-state index in [1.54, 1.807) is 31.4 Å². The molecule has 0 bridgehead atoms. The van der Waals surface area contributed by atoms with Crippen molar-refractivity contribution in [3.63, 3.8) is 0 Å². The van der Waals surface area contributed by atoms with Crippen LogP contribution >= 0.6 is 11.6 Å². The van der Waals surface area contributed by atoms with Crippen LogP contribution in [0.3, 0.4) is 0 Å². The van der Waals surface area contributed by atoms with Crippen molar-refractivity contribution >= 4 is 56.1 Å². The number of hydrogen-bond acceptors (Lipinski definition) is 10. The Balaban J connectivity index is 1.30. The molecule has 2 aliphatic rings. The van der Waals surface area contributed by atoms with Gasteiger partial charge in [0, 0.05) is 51.5 Å². The summed E-state index contributed by atoms with van der Waals surface area (Å²) < 4.78 is 31.3. The number of methoxy groups -OCH3 is 1. The van der Waals surface area contributed by atoms with E-state index in [1.165, 1.54) is 36.9 Å². The smallest absolute Gasteiger partial charge is 0.232 e. The average molecular weight is 629 g/mol. The molecular formula is C30H41ClN8O3S. The fourth-order valence-electron chi connectivity index (χ4n) is 5.68. The molecule has 2 fully saturated rings. The monoisotopic (exact) mass is 628 g/mol. The fourth-order valence-corrected chi connectivity index (χ4v) is 6.34. The van der Waals surface area contributed by atoms with Gasteiger partial charge in [0.1, 0.15) is 10.8 Å². The maximum atomic E-state index is 12.2. The third-order valence-electron chi connectivity index (χ3n) is 8.19. The van der Waals surface area contributed by atoms with Crippen LogP contribution in [0.25, 0.3) is 0 Å². The number of sulfonamides is 1. The molecule has 232 valence electrons. The Hall–Kier alpha value is -3.32. The molecule has 0 unspecified atom stereocenters. The molecule has 1 aromatic heterocycles. The number of benzene rings is 2. The third kappa shape index (κ3) is 7.61. The molecule has 11 nitrogen and oxygen atoms in total. The number of rotatable bonds is 10. The van der Waals surface area contributed by atoms with E-state index in [4.69, 9.17) is 16.3 Å². The van der Waals surface area contributed by atoms with Crippen LogP contribution in [0.15, 0.2) is 42.6 Å². The Morgan fingerprint density at radius 1 is 1.09 bits per heavy atom. The second-order valence-corrected chi connectivity index (χ2v) is 13.6. The number of para-hydroxylation sites is 2. The van der Waals surface area contributed by atoms with E-state index in [0.29, 0.717) is 33.9 Å². The lowest BCUT2D eigenvalue weighted by Gasteiger charge is -2.39. The number of piperazine rings is 1. The molecule has 0 aliphatic carbocycles. The molecule has 3 N–H and O–H groups in total. The Labute approximate surface area is 259 Å². The molecule has 43 heavy (non-hydrogen) atoms. The first-order chi connectivity index (χ1) is 20.6. The van der Waals surface area contributed by atoms with Crippen LogP contribution in [0.4, 0.5) is 34.5 Å². The number of nitrogens with zero attached hydrogens (tertiary/aromatic N) is 5. The molecule has 0 saturated carbocycles. The van der Waals surface area contributed by atoms with Gasteiger partial charge in [0.2, 0.25) is 16.0 Å². The van der Waals surface area contributed by atoms with E-state index < -0.39 is 10.0 Å². The lowest BCUT2D eigenvalue weighted by atomic mass is 9.97. The standard InChI is InChI=1S/C30H41ClN8O3S/c1-21-17-25(28(42-3)18-27(21)39-15-13-38(14-16-39)20-22-9-11-32-12-10-22)35-30-33-19-23(31)29(36-30)34-24-7-5-6-8-26(24)37(2)43(4,40)41/h5-8,17-19,22,32H,9-16,20H2,1-4H3,(H2,33,34,35,36). The summed E-state index contributed by atoms with van der Waals surface area (Å²) in [6.45, 7) is 9.65. The molecule has 0 atom stereocenters. The van der Waals surface area contributed by atoms with Crippen molar-refractivity contribution in [3.05, 3.63) is 53.2 Å². The second kappa shape index (κ2) is 13.5. The predicted molar refractivity (Wildman–Crippen MR) is 175 cm³/mol. The zero-order chi connectivity index (χ0) is 30.6. The normalized spacial score (nSPS) is 16.6. The topological polar surface area (TPSA) is 115 Å². The van der Waals surface area contributed by atoms with Crippen molar-refractivity contribution in [2.75, 3.05) is 86.1 Å². The maximum absolute atomic E-state index is 12.2. The molecule has 0 spiro atoms. The van der Waals surface area contributed by atoms with E-state index in [9.17, 15) is 8.42 Å². The molecular weight excluding hydrogens is 588 g/mol. The van der Waals surface area contributed by atoms with Gasteiger partial charge in [0.25, 0.3) is 0 Å². The average Bonchev–Trinajstić information content (AvgIpc) is 2.99. The number of aryl methyl sites for hydroxylation is 1. The highest BCUT2D eigenvalue weighted by Gasteiger charge is 2.24. The van der Waals surface area contributed by atoms with Crippen LogP contribution < -0.4 is 29.9 Å². The van der Waals surface area contributed by atoms with Gasteiger partial charge in [0.05, 0.1) is 36.6 Å². The predicted octanol–water partition coefficient (Wildman–Crippen LogP) is 4.45. The summed E-state index contributed by atoms with van der Waals surface area (Å²) in [6, 6.07) is 11.2. The Bertz CT molecular complexity index is 1530. The van der Waals surface area contributed by atoms with Gasteiger partial charge in [-0.1, -0.05) is 23.7 Å². The number of anilines is 6. The molecule has 2 aliphatic heterocycles. The van der Waals surface area contributed by atoms with Gasteiger partial charge in [-0.25, -0.2) is 13.4 Å². The first kappa shape index (κ1) is 31.1. The van der Waals surface area contributed by atoms with Gasteiger partial charge in [-0.15, -0.1) is 0 Å². The highest BCUT2D eigenvalue weighted by molar-refractivity contribution is 7.92. The number of piperidine rings is 1. The van der Waals surface area contributed by atoms with Gasteiger partial charge in [-0.3, -0.25) is 9.21 Å². The van der Waals surface area contributed by atoms with Crippen LogP contribution in [0.5, 0.6) is 5.75 Å². The summed E-state index contributed by atoms with van der Waals surface area (Å²) >= 11 is 6.44. The van der Waals surface area contributed by atoms with Gasteiger partial charge in [-0.2, -0.15) is 4.98 Å². The quantitative estimate of drug-likeness (QED) is 0.297. The number of aromatic nitrogens is 2. The summed E-state index contributed by atoms with van der Waals surface area (Å²) in [4.78, 5) is 14.0. The summed E-state index contributed by atoms with van der Waals surface area (Å²) in [7, 11) is -0.317. The lowest BCUT2D eigenvalue weighted by Crippen LogP contribution is -2.48. The minimum atomic E-state index is -3.47. The van der Waals surface area contributed by atoms with Gasteiger partial charge >= 0.3 is 0 Å². The number of ether oxygens (including phenoxy) is 1. The minimum Gasteiger partial charge on any atom is -0.494 e. The Kier molecular flexibility index (Phi) is 9.80. The minimum absolute atomic E-state index is 0.292. The number of nitrogens with one attached hydrogen (secondary N) is 3. The maximum Gasteiger partial charge on any atom is 0.232 e. The van der Waals surface area contributed by atoms with Crippen LogP contribution in [0.2, 0.25) is 5.02 Å². The van der Waals surface area contributed by atoms with Gasteiger partial charge in [0.15, 0.2) is 5.82 Å². The van der Waals surface area contributed by atoms with Crippen molar-refractivity contribution in [1.82, 2.24) is 20.2 Å². The first-order valence-electron chi connectivity index (χ1n) is 14.6. The number of hydrogen-bond donors (Lipinski definition) is 3. The molecule has 13 heteroatoms. The molecule has 3 heterocycles. The van der Waals surface area contributed by atoms with Crippen molar-refractivity contribution in [2.24, 2.45) is 5.92 Å². The zero-order valence-corrected chi connectivity index (χ0v) is 26.8.